The first-order chi connectivity index (χ1) is 13.5. The highest BCUT2D eigenvalue weighted by atomic mass is 35.5. The lowest BCUT2D eigenvalue weighted by molar-refractivity contribution is -0.125. The van der Waals surface area contributed by atoms with Gasteiger partial charge in [-0.15, -0.1) is 10.2 Å². The Kier molecular flexibility index (Phi) is 6.00. The zero-order valence-corrected chi connectivity index (χ0v) is 15.9. The molecule has 1 unspecified atom stereocenters. The maximum atomic E-state index is 12.6. The van der Waals surface area contributed by atoms with E-state index in [-0.39, 0.29) is 12.5 Å². The van der Waals surface area contributed by atoms with Crippen LogP contribution in [0.5, 0.6) is 0 Å². The molecule has 3 rings (SSSR count). The van der Waals surface area contributed by atoms with Crippen molar-refractivity contribution in [2.75, 3.05) is 0 Å². The van der Waals surface area contributed by atoms with Gasteiger partial charge in [-0.25, -0.2) is 0 Å². The zero-order chi connectivity index (χ0) is 20.1. The first-order valence-electron chi connectivity index (χ1n) is 8.70. The van der Waals surface area contributed by atoms with Crippen LogP contribution in [0.3, 0.4) is 0 Å². The zero-order valence-electron chi connectivity index (χ0n) is 15.2. The predicted molar refractivity (Wildman–Crippen MR) is 104 cm³/mol. The summed E-state index contributed by atoms with van der Waals surface area (Å²) in [4.78, 5) is 25.2. The van der Waals surface area contributed by atoms with Crippen molar-refractivity contribution in [2.45, 2.75) is 25.9 Å². The van der Waals surface area contributed by atoms with E-state index in [1.807, 2.05) is 6.92 Å². The molecule has 0 radical (unpaired) electrons. The second-order valence-electron chi connectivity index (χ2n) is 6.15. The number of hydrogen-bond donors (Lipinski definition) is 2. The fourth-order valence-corrected chi connectivity index (χ4v) is 2.79. The fraction of sp³-hybridized carbons (Fsp3) is 0.211. The van der Waals surface area contributed by atoms with E-state index >= 15 is 0 Å². The molecule has 0 aliphatic heterocycles. The van der Waals surface area contributed by atoms with Gasteiger partial charge in [0.15, 0.2) is 6.04 Å². The third-order valence-electron chi connectivity index (χ3n) is 4.18. The van der Waals surface area contributed by atoms with Gasteiger partial charge in [0, 0.05) is 22.7 Å². The summed E-state index contributed by atoms with van der Waals surface area (Å²) in [5.74, 6) is -0.342. The minimum absolute atomic E-state index is 0.243. The summed E-state index contributed by atoms with van der Waals surface area (Å²) in [5, 5.41) is 15.8. The van der Waals surface area contributed by atoms with Crippen LogP contribution in [0.15, 0.2) is 48.5 Å². The van der Waals surface area contributed by atoms with E-state index in [1.54, 1.807) is 48.5 Å². The number of carbonyl (C=O) groups is 2. The standard InChI is InChI=1S/C19H19ClN6O2/c1-2-16(19(28)22-11-12-4-3-5-14(10-12)17(21)27)26-24-18(23-25-26)13-6-8-15(20)9-7-13/h3-10,16H,2,11H2,1H3,(H2,21,27)(H,22,28). The average molecular weight is 399 g/mol. The molecule has 0 saturated heterocycles. The van der Waals surface area contributed by atoms with E-state index in [0.717, 1.165) is 11.1 Å². The van der Waals surface area contributed by atoms with Crippen molar-refractivity contribution in [1.82, 2.24) is 25.5 Å². The third kappa shape index (κ3) is 4.52. The van der Waals surface area contributed by atoms with Crippen molar-refractivity contribution in [3.63, 3.8) is 0 Å². The highest BCUT2D eigenvalue weighted by Gasteiger charge is 2.21. The topological polar surface area (TPSA) is 116 Å². The van der Waals surface area contributed by atoms with Gasteiger partial charge in [-0.1, -0.05) is 30.7 Å². The van der Waals surface area contributed by atoms with E-state index in [1.165, 1.54) is 4.80 Å². The van der Waals surface area contributed by atoms with Crippen molar-refractivity contribution < 1.29 is 9.59 Å². The minimum atomic E-state index is -0.604. The summed E-state index contributed by atoms with van der Waals surface area (Å²) < 4.78 is 0. The van der Waals surface area contributed by atoms with Crippen LogP contribution in [-0.4, -0.2) is 32.0 Å². The van der Waals surface area contributed by atoms with E-state index in [2.05, 4.69) is 20.7 Å². The number of tetrazole rings is 1. The molecule has 2 aromatic carbocycles. The first kappa shape index (κ1) is 19.5. The van der Waals surface area contributed by atoms with Gasteiger partial charge in [-0.05, 0) is 53.6 Å². The molecular weight excluding hydrogens is 380 g/mol. The van der Waals surface area contributed by atoms with Crippen LogP contribution in [0.2, 0.25) is 5.02 Å². The van der Waals surface area contributed by atoms with Gasteiger partial charge < -0.3 is 11.1 Å². The van der Waals surface area contributed by atoms with Gasteiger partial charge in [0.2, 0.25) is 17.6 Å². The Morgan fingerprint density at radius 2 is 1.96 bits per heavy atom. The monoisotopic (exact) mass is 398 g/mol. The molecule has 1 atom stereocenters. The van der Waals surface area contributed by atoms with Crippen LogP contribution < -0.4 is 11.1 Å². The van der Waals surface area contributed by atoms with Gasteiger partial charge >= 0.3 is 0 Å². The van der Waals surface area contributed by atoms with Crippen molar-refractivity contribution in [1.29, 1.82) is 0 Å². The summed E-state index contributed by atoms with van der Waals surface area (Å²) in [6.45, 7) is 2.12. The fourth-order valence-electron chi connectivity index (χ4n) is 2.67. The molecule has 144 valence electrons. The molecule has 8 nitrogen and oxygen atoms in total. The Morgan fingerprint density at radius 3 is 2.64 bits per heavy atom. The molecule has 3 aromatic rings. The molecule has 1 aromatic heterocycles. The molecule has 2 amide bonds. The largest absolute Gasteiger partial charge is 0.366 e. The summed E-state index contributed by atoms with van der Waals surface area (Å²) in [6, 6.07) is 13.2. The average Bonchev–Trinajstić information content (AvgIpc) is 3.17. The quantitative estimate of drug-likeness (QED) is 0.633. The summed E-state index contributed by atoms with van der Waals surface area (Å²) in [5.41, 5.74) is 7.21. The second kappa shape index (κ2) is 8.62. The van der Waals surface area contributed by atoms with Crippen LogP contribution in [0.1, 0.15) is 35.3 Å². The molecule has 9 heteroatoms. The Bertz CT molecular complexity index is 986. The lowest BCUT2D eigenvalue weighted by Gasteiger charge is -2.13. The molecule has 0 bridgehead atoms. The van der Waals surface area contributed by atoms with Crippen molar-refractivity contribution in [2.24, 2.45) is 5.73 Å². The Morgan fingerprint density at radius 1 is 1.21 bits per heavy atom. The van der Waals surface area contributed by atoms with Crippen LogP contribution >= 0.6 is 11.6 Å². The van der Waals surface area contributed by atoms with Gasteiger partial charge in [0.05, 0.1) is 0 Å². The van der Waals surface area contributed by atoms with Gasteiger partial charge in [0.1, 0.15) is 0 Å². The molecule has 0 aliphatic rings. The van der Waals surface area contributed by atoms with E-state index < -0.39 is 11.9 Å². The van der Waals surface area contributed by atoms with Crippen LogP contribution in [0.25, 0.3) is 11.4 Å². The Hall–Kier alpha value is -3.26. The second-order valence-corrected chi connectivity index (χ2v) is 6.58. The van der Waals surface area contributed by atoms with Gasteiger partial charge in [-0.3, -0.25) is 9.59 Å². The van der Waals surface area contributed by atoms with Crippen LogP contribution in [0, 0.1) is 0 Å². The molecule has 0 fully saturated rings. The number of nitrogens with two attached hydrogens (primary N) is 1. The lowest BCUT2D eigenvalue weighted by Crippen LogP contribution is -2.33. The van der Waals surface area contributed by atoms with Crippen molar-refractivity contribution in [3.8, 4) is 11.4 Å². The number of carbonyl (C=O) groups excluding carboxylic acids is 2. The third-order valence-corrected chi connectivity index (χ3v) is 4.43. The van der Waals surface area contributed by atoms with E-state index in [4.69, 9.17) is 17.3 Å². The number of aromatic nitrogens is 4. The molecule has 1 heterocycles. The maximum absolute atomic E-state index is 12.6. The molecule has 0 saturated carbocycles. The summed E-state index contributed by atoms with van der Waals surface area (Å²) in [7, 11) is 0. The van der Waals surface area contributed by atoms with E-state index in [0.29, 0.717) is 22.8 Å². The summed E-state index contributed by atoms with van der Waals surface area (Å²) in [6.07, 6.45) is 0.490. The minimum Gasteiger partial charge on any atom is -0.366 e. The Balaban J connectivity index is 1.69. The van der Waals surface area contributed by atoms with E-state index in [9.17, 15) is 9.59 Å². The molecule has 3 N–H and O–H groups in total. The molecule has 28 heavy (non-hydrogen) atoms. The van der Waals surface area contributed by atoms with Gasteiger partial charge in [0.25, 0.3) is 0 Å². The molecule has 0 aliphatic carbocycles. The number of rotatable bonds is 7. The maximum Gasteiger partial charge on any atom is 0.248 e. The van der Waals surface area contributed by atoms with Crippen molar-refractivity contribution in [3.05, 3.63) is 64.7 Å². The SMILES string of the molecule is CCC(C(=O)NCc1cccc(C(N)=O)c1)n1nnc(-c2ccc(Cl)cc2)n1. The van der Waals surface area contributed by atoms with Gasteiger partial charge in [-0.2, -0.15) is 4.80 Å². The number of halogens is 1. The normalized spacial score (nSPS) is 11.8. The first-order valence-corrected chi connectivity index (χ1v) is 9.07. The number of hydrogen-bond acceptors (Lipinski definition) is 5. The Labute approximate surface area is 166 Å². The summed E-state index contributed by atoms with van der Waals surface area (Å²) >= 11 is 5.89. The predicted octanol–water partition coefficient (Wildman–Crippen LogP) is 2.36. The van der Waals surface area contributed by atoms with Crippen molar-refractivity contribution >= 4 is 23.4 Å². The molecule has 0 spiro atoms. The number of amides is 2. The number of benzene rings is 2. The highest BCUT2D eigenvalue weighted by Crippen LogP contribution is 2.18. The molecular formula is C19H19ClN6O2. The number of nitrogens with one attached hydrogen (secondary N) is 1. The lowest BCUT2D eigenvalue weighted by atomic mass is 10.1. The van der Waals surface area contributed by atoms with Crippen LogP contribution in [-0.2, 0) is 11.3 Å². The highest BCUT2D eigenvalue weighted by molar-refractivity contribution is 6.30. The number of nitrogens with zero attached hydrogens (tertiary/aromatic N) is 4. The smallest absolute Gasteiger partial charge is 0.248 e. The number of primary amides is 1. The van der Waals surface area contributed by atoms with Crippen LogP contribution in [0.4, 0.5) is 0 Å².